The molecule has 0 saturated heterocycles. The van der Waals surface area contributed by atoms with Gasteiger partial charge in [-0.3, -0.25) is 14.9 Å². The van der Waals surface area contributed by atoms with Gasteiger partial charge >= 0.3 is 11.9 Å². The van der Waals surface area contributed by atoms with E-state index in [0.717, 1.165) is 23.3 Å². The average molecular weight is 397 g/mol. The van der Waals surface area contributed by atoms with E-state index in [1.165, 1.54) is 18.4 Å². The fraction of sp³-hybridized carbons (Fsp3) is 0.632. The van der Waals surface area contributed by atoms with Crippen LogP contribution < -0.4 is 10.6 Å². The Kier molecular flexibility index (Phi) is 7.00. The molecule has 1 aromatic heterocycles. The van der Waals surface area contributed by atoms with Gasteiger partial charge < -0.3 is 14.8 Å². The first-order chi connectivity index (χ1) is 12.8. The van der Waals surface area contributed by atoms with Gasteiger partial charge in [0, 0.05) is 4.88 Å². The monoisotopic (exact) mass is 396 g/mol. The molecule has 7 nitrogen and oxygen atoms in total. The number of thiophene rings is 1. The molecule has 0 aliphatic heterocycles. The molecule has 1 amide bonds. The van der Waals surface area contributed by atoms with E-state index in [0.29, 0.717) is 17.0 Å². The van der Waals surface area contributed by atoms with Gasteiger partial charge in [-0.15, -0.1) is 11.3 Å². The molecule has 1 aliphatic rings. The lowest BCUT2D eigenvalue weighted by Crippen LogP contribution is -2.54. The van der Waals surface area contributed by atoms with E-state index < -0.39 is 11.5 Å². The van der Waals surface area contributed by atoms with E-state index in [9.17, 15) is 14.4 Å². The molecule has 0 aromatic carbocycles. The van der Waals surface area contributed by atoms with Gasteiger partial charge in [-0.1, -0.05) is 6.92 Å². The Hall–Kier alpha value is -1.93. The molecule has 1 fully saturated rings. The summed E-state index contributed by atoms with van der Waals surface area (Å²) in [5.74, 6) is -0.951. The molecule has 27 heavy (non-hydrogen) atoms. The lowest BCUT2D eigenvalue weighted by Gasteiger charge is -2.27. The molecule has 2 N–H and O–H groups in total. The van der Waals surface area contributed by atoms with Crippen LogP contribution in [0.5, 0.6) is 0 Å². The smallest absolute Gasteiger partial charge is 0.341 e. The average Bonchev–Trinajstić information content (AvgIpc) is 3.44. The molecule has 0 spiro atoms. The molecule has 1 heterocycles. The highest BCUT2D eigenvalue weighted by molar-refractivity contribution is 7.16. The zero-order chi connectivity index (χ0) is 20.2. The fourth-order valence-corrected chi connectivity index (χ4v) is 4.35. The summed E-state index contributed by atoms with van der Waals surface area (Å²) in [5.41, 5.74) is 0.433. The number of esters is 2. The normalized spacial score (nSPS) is 15.7. The predicted molar refractivity (Wildman–Crippen MR) is 104 cm³/mol. The van der Waals surface area contributed by atoms with Crippen LogP contribution in [0.2, 0.25) is 0 Å². The van der Waals surface area contributed by atoms with Gasteiger partial charge in [0.1, 0.15) is 10.5 Å². The lowest BCUT2D eigenvalue weighted by atomic mass is 9.96. The van der Waals surface area contributed by atoms with Crippen LogP contribution in [0.15, 0.2) is 0 Å². The third-order valence-corrected chi connectivity index (χ3v) is 5.98. The highest BCUT2D eigenvalue weighted by Gasteiger charge is 2.48. The Morgan fingerprint density at radius 3 is 2.44 bits per heavy atom. The van der Waals surface area contributed by atoms with Crippen LogP contribution in [0.4, 0.5) is 5.00 Å². The third kappa shape index (κ3) is 4.68. The van der Waals surface area contributed by atoms with Crippen LogP contribution in [-0.2, 0) is 25.5 Å². The molecule has 1 saturated carbocycles. The second kappa shape index (κ2) is 8.84. The number of amides is 1. The number of rotatable bonds is 9. The zero-order valence-electron chi connectivity index (χ0n) is 16.6. The maximum Gasteiger partial charge on any atom is 0.341 e. The van der Waals surface area contributed by atoms with Gasteiger partial charge in [0.15, 0.2) is 0 Å². The van der Waals surface area contributed by atoms with E-state index in [1.54, 1.807) is 13.8 Å². The summed E-state index contributed by atoms with van der Waals surface area (Å²) in [5, 5.41) is 6.33. The van der Waals surface area contributed by atoms with E-state index >= 15 is 0 Å². The second-order valence-electron chi connectivity index (χ2n) is 6.78. The number of carbonyl (C=O) groups excluding carboxylic acids is 3. The molecular formula is C19H28N2O5S. The largest absolute Gasteiger partial charge is 0.468 e. The molecule has 1 aliphatic carbocycles. The molecule has 0 unspecified atom stereocenters. The highest BCUT2D eigenvalue weighted by atomic mass is 32.1. The maximum absolute atomic E-state index is 12.5. The number of methoxy groups -OCH3 is 1. The van der Waals surface area contributed by atoms with Crippen molar-refractivity contribution in [3.05, 3.63) is 16.0 Å². The van der Waals surface area contributed by atoms with Crippen molar-refractivity contribution in [1.82, 2.24) is 5.32 Å². The van der Waals surface area contributed by atoms with Crippen LogP contribution in [0.1, 0.15) is 54.4 Å². The third-order valence-electron chi connectivity index (χ3n) is 4.91. The quantitative estimate of drug-likeness (QED) is 0.623. The number of carbonyl (C=O) groups is 3. The van der Waals surface area contributed by atoms with Crippen LogP contribution in [-0.4, -0.2) is 43.6 Å². The molecule has 8 heteroatoms. The number of hydrogen-bond acceptors (Lipinski definition) is 7. The molecule has 1 atom stereocenters. The Morgan fingerprint density at radius 1 is 1.26 bits per heavy atom. The summed E-state index contributed by atoms with van der Waals surface area (Å²) in [4.78, 5) is 37.9. The maximum atomic E-state index is 12.5. The minimum absolute atomic E-state index is 0.0528. The summed E-state index contributed by atoms with van der Waals surface area (Å²) in [6, 6.07) is 0. The van der Waals surface area contributed by atoms with Gasteiger partial charge in [-0.05, 0) is 51.5 Å². The van der Waals surface area contributed by atoms with E-state index in [1.807, 2.05) is 13.8 Å². The van der Waals surface area contributed by atoms with Gasteiger partial charge in [-0.25, -0.2) is 4.79 Å². The first-order valence-electron chi connectivity index (χ1n) is 9.21. The molecule has 0 radical (unpaired) electrons. The van der Waals surface area contributed by atoms with Crippen LogP contribution in [0.3, 0.4) is 0 Å². The van der Waals surface area contributed by atoms with E-state index in [4.69, 9.17) is 9.47 Å². The minimum Gasteiger partial charge on any atom is -0.468 e. The van der Waals surface area contributed by atoms with Crippen molar-refractivity contribution in [2.24, 2.45) is 5.92 Å². The molecular weight excluding hydrogens is 368 g/mol. The highest BCUT2D eigenvalue weighted by Crippen LogP contribution is 2.40. The number of nitrogens with one attached hydrogen (secondary N) is 2. The first kappa shape index (κ1) is 21.4. The van der Waals surface area contributed by atoms with Gasteiger partial charge in [-0.2, -0.15) is 0 Å². The van der Waals surface area contributed by atoms with Crippen molar-refractivity contribution in [1.29, 1.82) is 0 Å². The predicted octanol–water partition coefficient (Wildman–Crippen LogP) is 2.67. The number of anilines is 1. The molecule has 150 valence electrons. The van der Waals surface area contributed by atoms with E-state index in [-0.39, 0.29) is 30.9 Å². The van der Waals surface area contributed by atoms with Gasteiger partial charge in [0.25, 0.3) is 0 Å². The Labute approximate surface area is 163 Å². The van der Waals surface area contributed by atoms with Crippen molar-refractivity contribution >= 4 is 34.2 Å². The van der Waals surface area contributed by atoms with E-state index in [2.05, 4.69) is 10.6 Å². The van der Waals surface area contributed by atoms with Crippen molar-refractivity contribution in [3.8, 4) is 0 Å². The zero-order valence-corrected chi connectivity index (χ0v) is 17.4. The van der Waals surface area contributed by atoms with Crippen molar-refractivity contribution in [3.63, 3.8) is 0 Å². The Morgan fingerprint density at radius 2 is 1.93 bits per heavy atom. The van der Waals surface area contributed by atoms with Gasteiger partial charge in [0.05, 0.1) is 25.8 Å². The molecule has 0 bridgehead atoms. The van der Waals surface area contributed by atoms with Crippen molar-refractivity contribution < 1.29 is 23.9 Å². The standard InChI is InChI=1S/C19H28N2O5S/c1-6-13-11(3)27-16(15(13)17(23)26-7-2)21-14(22)10-20-19(4,12-8-9-12)18(24)25-5/h12,20H,6-10H2,1-5H3,(H,21,22)/t19-/m1/s1. The number of hydrogen-bond donors (Lipinski definition) is 2. The van der Waals surface area contributed by atoms with Crippen molar-refractivity contribution in [2.45, 2.75) is 52.5 Å². The Balaban J connectivity index is 2.11. The summed E-state index contributed by atoms with van der Waals surface area (Å²) >= 11 is 1.36. The van der Waals surface area contributed by atoms with Crippen LogP contribution in [0, 0.1) is 12.8 Å². The van der Waals surface area contributed by atoms with Crippen LogP contribution >= 0.6 is 11.3 Å². The summed E-state index contributed by atoms with van der Waals surface area (Å²) in [6.07, 6.45) is 2.53. The topological polar surface area (TPSA) is 93.7 Å². The number of aryl methyl sites for hydroxylation is 1. The fourth-order valence-electron chi connectivity index (χ4n) is 3.20. The summed E-state index contributed by atoms with van der Waals surface area (Å²) in [7, 11) is 1.34. The van der Waals surface area contributed by atoms with Crippen molar-refractivity contribution in [2.75, 3.05) is 25.6 Å². The summed E-state index contributed by atoms with van der Waals surface area (Å²) < 4.78 is 10.0. The lowest BCUT2D eigenvalue weighted by molar-refractivity contribution is -0.149. The first-order valence-corrected chi connectivity index (χ1v) is 10.0. The number of ether oxygens (including phenoxy) is 2. The SMILES string of the molecule is CCOC(=O)c1c(NC(=O)CN[C@@](C)(C(=O)OC)C2CC2)sc(C)c1CC. The molecule has 2 rings (SSSR count). The minimum atomic E-state index is -0.879. The van der Waals surface area contributed by atoms with Crippen LogP contribution in [0.25, 0.3) is 0 Å². The second-order valence-corrected chi connectivity index (χ2v) is 8.01. The summed E-state index contributed by atoms with van der Waals surface area (Å²) in [6.45, 7) is 7.60. The Bertz CT molecular complexity index is 726. The van der Waals surface area contributed by atoms with Gasteiger partial charge in [0.2, 0.25) is 5.91 Å². The molecule has 1 aromatic rings.